The molecule has 0 aromatic heterocycles. The lowest BCUT2D eigenvalue weighted by atomic mass is 9.92. The van der Waals surface area contributed by atoms with E-state index in [4.69, 9.17) is 4.74 Å². The standard InChI is InChI=1S/C22H32N2O5S/c1-5-24(6-2)30(27,28)20-10-7-19(8-11-20)9-12-22(26)29-16-21(25)23-14-17(3)13-18(4)15-23/h7-12,17-18H,5-6,13-16H2,1-4H3/b12-9+. The maximum atomic E-state index is 12.5. The number of nitrogens with zero attached hydrogens (tertiary/aromatic N) is 2. The Morgan fingerprint density at radius 1 is 1.10 bits per heavy atom. The van der Waals surface area contributed by atoms with Gasteiger partial charge in [-0.1, -0.05) is 39.8 Å². The topological polar surface area (TPSA) is 84.0 Å². The number of carbonyl (C=O) groups is 2. The molecule has 1 aromatic carbocycles. The van der Waals surface area contributed by atoms with Gasteiger partial charge in [-0.2, -0.15) is 4.31 Å². The summed E-state index contributed by atoms with van der Waals surface area (Å²) >= 11 is 0. The van der Waals surface area contributed by atoms with Gasteiger partial charge in [0.2, 0.25) is 10.0 Å². The molecule has 1 heterocycles. The molecule has 0 bridgehead atoms. The summed E-state index contributed by atoms with van der Waals surface area (Å²) in [5.41, 5.74) is 0.662. The molecule has 0 N–H and O–H groups in total. The summed E-state index contributed by atoms with van der Waals surface area (Å²) in [6.07, 6.45) is 3.87. The third-order valence-electron chi connectivity index (χ3n) is 5.19. The van der Waals surface area contributed by atoms with E-state index in [1.807, 2.05) is 0 Å². The number of ether oxygens (including phenoxy) is 1. The van der Waals surface area contributed by atoms with Crippen LogP contribution in [0.25, 0.3) is 6.08 Å². The van der Waals surface area contributed by atoms with Crippen LogP contribution in [-0.2, 0) is 24.3 Å². The van der Waals surface area contributed by atoms with Gasteiger partial charge in [0.25, 0.3) is 5.91 Å². The number of likely N-dealkylation sites (tertiary alicyclic amines) is 1. The summed E-state index contributed by atoms with van der Waals surface area (Å²) in [5, 5.41) is 0. The molecule has 0 saturated carbocycles. The highest BCUT2D eigenvalue weighted by molar-refractivity contribution is 7.89. The number of rotatable bonds is 8. The molecular formula is C22H32N2O5S. The zero-order chi connectivity index (χ0) is 22.3. The largest absolute Gasteiger partial charge is 0.452 e. The van der Waals surface area contributed by atoms with Crippen LogP contribution in [0.4, 0.5) is 0 Å². The minimum atomic E-state index is -3.51. The van der Waals surface area contributed by atoms with Crippen molar-refractivity contribution in [3.63, 3.8) is 0 Å². The summed E-state index contributed by atoms with van der Waals surface area (Å²) in [5.74, 6) is 0.103. The van der Waals surface area contributed by atoms with Gasteiger partial charge < -0.3 is 9.64 Å². The van der Waals surface area contributed by atoms with Crippen molar-refractivity contribution in [1.82, 2.24) is 9.21 Å². The van der Waals surface area contributed by atoms with E-state index in [-0.39, 0.29) is 17.4 Å². The van der Waals surface area contributed by atoms with Crippen LogP contribution in [0.3, 0.4) is 0 Å². The van der Waals surface area contributed by atoms with Crippen molar-refractivity contribution in [2.75, 3.05) is 32.8 Å². The van der Waals surface area contributed by atoms with Crippen molar-refractivity contribution in [1.29, 1.82) is 0 Å². The lowest BCUT2D eigenvalue weighted by Crippen LogP contribution is -2.44. The van der Waals surface area contributed by atoms with Gasteiger partial charge in [0.1, 0.15) is 0 Å². The zero-order valence-electron chi connectivity index (χ0n) is 18.2. The third kappa shape index (κ3) is 6.40. The van der Waals surface area contributed by atoms with E-state index in [9.17, 15) is 18.0 Å². The first-order valence-corrected chi connectivity index (χ1v) is 11.8. The van der Waals surface area contributed by atoms with Gasteiger partial charge in [0.05, 0.1) is 4.90 Å². The number of amides is 1. The first-order chi connectivity index (χ1) is 14.2. The molecule has 7 nitrogen and oxygen atoms in total. The van der Waals surface area contributed by atoms with E-state index in [0.29, 0.717) is 43.6 Å². The maximum Gasteiger partial charge on any atom is 0.331 e. The van der Waals surface area contributed by atoms with Crippen LogP contribution in [-0.4, -0.2) is 62.3 Å². The van der Waals surface area contributed by atoms with E-state index in [1.165, 1.54) is 28.6 Å². The van der Waals surface area contributed by atoms with Crippen LogP contribution in [0.15, 0.2) is 35.2 Å². The van der Waals surface area contributed by atoms with Crippen molar-refractivity contribution in [3.05, 3.63) is 35.9 Å². The fourth-order valence-electron chi connectivity index (χ4n) is 3.77. The highest BCUT2D eigenvalue weighted by atomic mass is 32.2. The second-order valence-corrected chi connectivity index (χ2v) is 9.78. The summed E-state index contributed by atoms with van der Waals surface area (Å²) in [7, 11) is -3.51. The molecule has 0 aliphatic carbocycles. The SMILES string of the molecule is CCN(CC)S(=O)(=O)c1ccc(/C=C/C(=O)OCC(=O)N2CC(C)CC(C)C2)cc1. The number of esters is 1. The van der Waals surface area contributed by atoms with Gasteiger partial charge in [-0.05, 0) is 42.0 Å². The van der Waals surface area contributed by atoms with Crippen LogP contribution in [0.5, 0.6) is 0 Å². The second-order valence-electron chi connectivity index (χ2n) is 7.84. The number of hydrogen-bond acceptors (Lipinski definition) is 5. The van der Waals surface area contributed by atoms with Gasteiger partial charge in [0, 0.05) is 32.3 Å². The van der Waals surface area contributed by atoms with E-state index in [1.54, 1.807) is 30.9 Å². The fraction of sp³-hybridized carbons (Fsp3) is 0.545. The molecular weight excluding hydrogens is 404 g/mol. The van der Waals surface area contributed by atoms with Crippen LogP contribution in [0, 0.1) is 11.8 Å². The van der Waals surface area contributed by atoms with Gasteiger partial charge in [-0.3, -0.25) is 4.79 Å². The van der Waals surface area contributed by atoms with E-state index >= 15 is 0 Å². The summed E-state index contributed by atoms with van der Waals surface area (Å²) in [4.78, 5) is 26.2. The van der Waals surface area contributed by atoms with E-state index in [2.05, 4.69) is 13.8 Å². The first kappa shape index (κ1) is 24.1. The molecule has 1 saturated heterocycles. The summed E-state index contributed by atoms with van der Waals surface area (Å²) in [6, 6.07) is 6.28. The van der Waals surface area contributed by atoms with Crippen molar-refractivity contribution in [2.24, 2.45) is 11.8 Å². The third-order valence-corrected chi connectivity index (χ3v) is 7.26. The van der Waals surface area contributed by atoms with Crippen LogP contribution in [0.1, 0.15) is 39.7 Å². The molecule has 30 heavy (non-hydrogen) atoms. The highest BCUT2D eigenvalue weighted by Crippen LogP contribution is 2.21. The Hall–Kier alpha value is -2.19. The molecule has 1 aliphatic heterocycles. The Labute approximate surface area is 179 Å². The molecule has 2 atom stereocenters. The number of benzene rings is 1. The summed E-state index contributed by atoms with van der Waals surface area (Å²) in [6.45, 7) is 9.73. The predicted molar refractivity (Wildman–Crippen MR) is 116 cm³/mol. The van der Waals surface area contributed by atoms with Crippen molar-refractivity contribution in [3.8, 4) is 0 Å². The lowest BCUT2D eigenvalue weighted by molar-refractivity contribution is -0.149. The summed E-state index contributed by atoms with van der Waals surface area (Å²) < 4.78 is 31.4. The van der Waals surface area contributed by atoms with Gasteiger partial charge in [-0.25, -0.2) is 13.2 Å². The minimum Gasteiger partial charge on any atom is -0.452 e. The normalized spacial score (nSPS) is 20.0. The average Bonchev–Trinajstić information content (AvgIpc) is 2.70. The molecule has 166 valence electrons. The molecule has 0 radical (unpaired) electrons. The van der Waals surface area contributed by atoms with Crippen molar-refractivity contribution in [2.45, 2.75) is 39.0 Å². The number of hydrogen-bond donors (Lipinski definition) is 0. The Balaban J connectivity index is 1.90. The number of carbonyl (C=O) groups excluding carboxylic acids is 2. The smallest absolute Gasteiger partial charge is 0.331 e. The van der Waals surface area contributed by atoms with Crippen LogP contribution >= 0.6 is 0 Å². The first-order valence-electron chi connectivity index (χ1n) is 10.4. The molecule has 1 aliphatic rings. The molecule has 0 spiro atoms. The second kappa shape index (κ2) is 10.7. The van der Waals surface area contributed by atoms with Crippen LogP contribution in [0.2, 0.25) is 0 Å². The van der Waals surface area contributed by atoms with Gasteiger partial charge in [0.15, 0.2) is 6.61 Å². The molecule has 2 rings (SSSR count). The van der Waals surface area contributed by atoms with E-state index < -0.39 is 16.0 Å². The molecule has 2 unspecified atom stereocenters. The van der Waals surface area contributed by atoms with Gasteiger partial charge in [-0.15, -0.1) is 0 Å². The van der Waals surface area contributed by atoms with E-state index in [0.717, 1.165) is 6.42 Å². The average molecular weight is 437 g/mol. The molecule has 1 aromatic rings. The number of sulfonamides is 1. The number of piperidine rings is 1. The quantitative estimate of drug-likeness (QED) is 0.462. The fourth-order valence-corrected chi connectivity index (χ4v) is 5.22. The zero-order valence-corrected chi connectivity index (χ0v) is 19.0. The Bertz CT molecular complexity index is 850. The minimum absolute atomic E-state index is 0.180. The molecule has 8 heteroatoms. The van der Waals surface area contributed by atoms with Crippen molar-refractivity contribution >= 4 is 28.0 Å². The molecule has 1 fully saturated rings. The maximum absolute atomic E-state index is 12.5. The monoisotopic (exact) mass is 436 g/mol. The predicted octanol–water partition coefficient (Wildman–Crippen LogP) is 2.78. The van der Waals surface area contributed by atoms with Crippen LogP contribution < -0.4 is 0 Å². The lowest BCUT2D eigenvalue weighted by Gasteiger charge is -2.34. The Morgan fingerprint density at radius 3 is 2.20 bits per heavy atom. The Kier molecular flexibility index (Phi) is 8.61. The molecule has 1 amide bonds. The Morgan fingerprint density at radius 2 is 1.67 bits per heavy atom. The van der Waals surface area contributed by atoms with Crippen molar-refractivity contribution < 1.29 is 22.7 Å². The highest BCUT2D eigenvalue weighted by Gasteiger charge is 2.25. The van der Waals surface area contributed by atoms with Gasteiger partial charge >= 0.3 is 5.97 Å².